The molecule has 1 aromatic heterocycles. The van der Waals surface area contributed by atoms with Crippen molar-refractivity contribution in [2.45, 2.75) is 6.54 Å². The number of rotatable bonds is 5. The maximum atomic E-state index is 4.69. The van der Waals surface area contributed by atoms with Crippen LogP contribution in [0.5, 0.6) is 0 Å². The van der Waals surface area contributed by atoms with E-state index >= 15 is 0 Å². The van der Waals surface area contributed by atoms with Crippen LogP contribution in [0, 0.1) is 0 Å². The van der Waals surface area contributed by atoms with Crippen LogP contribution in [0.4, 0.5) is 17.5 Å². The Morgan fingerprint density at radius 2 is 1.42 bits per heavy atom. The van der Waals surface area contributed by atoms with Gasteiger partial charge >= 0.3 is 0 Å². The van der Waals surface area contributed by atoms with E-state index in [9.17, 15) is 0 Å². The van der Waals surface area contributed by atoms with E-state index in [1.165, 1.54) is 11.3 Å². The number of anilines is 3. The minimum absolute atomic E-state index is 0.678. The lowest BCUT2D eigenvalue weighted by atomic mass is 10.2. The SMILES string of the molecule is c1ccc(CNc2nccc(N3CCN(c4ccccc4)CC3)n2)cc1. The van der Waals surface area contributed by atoms with E-state index in [0.717, 1.165) is 38.5 Å². The molecule has 2 heterocycles. The number of nitrogens with one attached hydrogen (secondary N) is 1. The van der Waals surface area contributed by atoms with E-state index in [1.807, 2.05) is 30.5 Å². The molecule has 1 aliphatic rings. The third-order valence-electron chi connectivity index (χ3n) is 4.66. The van der Waals surface area contributed by atoms with E-state index in [1.54, 1.807) is 0 Å². The van der Waals surface area contributed by atoms with Gasteiger partial charge in [-0.3, -0.25) is 0 Å². The highest BCUT2D eigenvalue weighted by Gasteiger charge is 2.18. The molecule has 1 saturated heterocycles. The van der Waals surface area contributed by atoms with Crippen LogP contribution in [0.1, 0.15) is 5.56 Å². The molecule has 26 heavy (non-hydrogen) atoms. The fourth-order valence-corrected chi connectivity index (χ4v) is 3.22. The lowest BCUT2D eigenvalue weighted by molar-refractivity contribution is 0.647. The first-order valence-corrected chi connectivity index (χ1v) is 9.04. The second kappa shape index (κ2) is 7.87. The first-order valence-electron chi connectivity index (χ1n) is 9.04. The molecule has 0 amide bonds. The molecule has 1 aliphatic heterocycles. The van der Waals surface area contributed by atoms with Crippen molar-refractivity contribution >= 4 is 17.5 Å². The topological polar surface area (TPSA) is 44.3 Å². The van der Waals surface area contributed by atoms with Crippen LogP contribution in [0.3, 0.4) is 0 Å². The average Bonchev–Trinajstić information content (AvgIpc) is 2.74. The van der Waals surface area contributed by atoms with Crippen molar-refractivity contribution in [3.63, 3.8) is 0 Å². The van der Waals surface area contributed by atoms with Crippen LogP contribution in [0.15, 0.2) is 72.9 Å². The van der Waals surface area contributed by atoms with Gasteiger partial charge in [-0.05, 0) is 23.8 Å². The molecule has 0 bridgehead atoms. The molecular formula is C21H23N5. The van der Waals surface area contributed by atoms with Gasteiger partial charge in [0.05, 0.1) is 0 Å². The molecular weight excluding hydrogens is 322 g/mol. The summed E-state index contributed by atoms with van der Waals surface area (Å²) in [6.45, 7) is 4.65. The largest absolute Gasteiger partial charge is 0.368 e. The molecule has 3 aromatic rings. The van der Waals surface area contributed by atoms with Crippen molar-refractivity contribution in [3.05, 3.63) is 78.5 Å². The summed E-state index contributed by atoms with van der Waals surface area (Å²) in [5.74, 6) is 1.67. The van der Waals surface area contributed by atoms with E-state index < -0.39 is 0 Å². The number of hydrogen-bond acceptors (Lipinski definition) is 5. The number of aromatic nitrogens is 2. The zero-order valence-electron chi connectivity index (χ0n) is 14.8. The zero-order chi connectivity index (χ0) is 17.6. The Morgan fingerprint density at radius 3 is 2.15 bits per heavy atom. The van der Waals surface area contributed by atoms with Gasteiger partial charge in [0.15, 0.2) is 0 Å². The summed E-state index contributed by atoms with van der Waals surface area (Å²) in [5.41, 5.74) is 2.51. The Kier molecular flexibility index (Phi) is 4.96. The predicted molar refractivity (Wildman–Crippen MR) is 107 cm³/mol. The summed E-state index contributed by atoms with van der Waals surface area (Å²) in [6, 6.07) is 22.9. The maximum Gasteiger partial charge on any atom is 0.224 e. The van der Waals surface area contributed by atoms with Crippen molar-refractivity contribution in [3.8, 4) is 0 Å². The third kappa shape index (κ3) is 3.94. The van der Waals surface area contributed by atoms with Gasteiger partial charge in [0.2, 0.25) is 5.95 Å². The molecule has 0 unspecified atom stereocenters. The standard InChI is InChI=1S/C21H23N5/c1-3-7-18(8-4-1)17-23-21-22-12-11-20(24-21)26-15-13-25(14-16-26)19-9-5-2-6-10-19/h1-12H,13-17H2,(H,22,23,24). The molecule has 5 heteroatoms. The molecule has 2 aromatic carbocycles. The second-order valence-electron chi connectivity index (χ2n) is 6.39. The van der Waals surface area contributed by atoms with Gasteiger partial charge in [-0.1, -0.05) is 48.5 Å². The lowest BCUT2D eigenvalue weighted by Crippen LogP contribution is -2.46. The molecule has 5 nitrogen and oxygen atoms in total. The first-order chi connectivity index (χ1) is 12.9. The van der Waals surface area contributed by atoms with Gasteiger partial charge in [0, 0.05) is 44.6 Å². The highest BCUT2D eigenvalue weighted by atomic mass is 15.3. The van der Waals surface area contributed by atoms with Gasteiger partial charge in [0.25, 0.3) is 0 Å². The quantitative estimate of drug-likeness (QED) is 0.768. The van der Waals surface area contributed by atoms with Gasteiger partial charge < -0.3 is 15.1 Å². The summed E-state index contributed by atoms with van der Waals surface area (Å²) in [6.07, 6.45) is 1.83. The summed E-state index contributed by atoms with van der Waals surface area (Å²) < 4.78 is 0. The Bertz CT molecular complexity index is 814. The predicted octanol–water partition coefficient (Wildman–Crippen LogP) is 3.42. The molecule has 0 aliphatic carbocycles. The Balaban J connectivity index is 1.36. The number of nitrogens with zero attached hydrogens (tertiary/aromatic N) is 4. The third-order valence-corrected chi connectivity index (χ3v) is 4.66. The molecule has 1 N–H and O–H groups in total. The summed E-state index contributed by atoms with van der Waals surface area (Å²) in [7, 11) is 0. The van der Waals surface area contributed by atoms with Gasteiger partial charge in [-0.15, -0.1) is 0 Å². The molecule has 0 spiro atoms. The van der Waals surface area contributed by atoms with Crippen LogP contribution >= 0.6 is 0 Å². The van der Waals surface area contributed by atoms with E-state index in [4.69, 9.17) is 4.98 Å². The highest BCUT2D eigenvalue weighted by molar-refractivity contribution is 5.50. The Labute approximate surface area is 154 Å². The summed E-state index contributed by atoms with van der Waals surface area (Å²) in [4.78, 5) is 13.8. The van der Waals surface area contributed by atoms with Crippen LogP contribution in [0.2, 0.25) is 0 Å². The minimum Gasteiger partial charge on any atom is -0.368 e. The van der Waals surface area contributed by atoms with Gasteiger partial charge in [-0.2, -0.15) is 4.98 Å². The Hall–Kier alpha value is -3.08. The zero-order valence-corrected chi connectivity index (χ0v) is 14.8. The second-order valence-corrected chi connectivity index (χ2v) is 6.39. The number of benzene rings is 2. The molecule has 0 saturated carbocycles. The minimum atomic E-state index is 0.678. The molecule has 0 atom stereocenters. The number of para-hydroxylation sites is 1. The highest BCUT2D eigenvalue weighted by Crippen LogP contribution is 2.19. The van der Waals surface area contributed by atoms with Crippen LogP contribution in [0.25, 0.3) is 0 Å². The summed E-state index contributed by atoms with van der Waals surface area (Å²) >= 11 is 0. The number of piperazine rings is 1. The van der Waals surface area contributed by atoms with Crippen LogP contribution < -0.4 is 15.1 Å². The van der Waals surface area contributed by atoms with Crippen molar-refractivity contribution in [1.82, 2.24) is 9.97 Å². The van der Waals surface area contributed by atoms with Gasteiger partial charge in [0.1, 0.15) is 5.82 Å². The van der Waals surface area contributed by atoms with Crippen molar-refractivity contribution < 1.29 is 0 Å². The normalized spacial score (nSPS) is 14.3. The fourth-order valence-electron chi connectivity index (χ4n) is 3.22. The molecule has 0 radical (unpaired) electrons. The van der Waals surface area contributed by atoms with Crippen LogP contribution in [-0.4, -0.2) is 36.1 Å². The molecule has 132 valence electrons. The summed E-state index contributed by atoms with van der Waals surface area (Å²) in [5, 5.41) is 3.32. The molecule has 4 rings (SSSR count). The fraction of sp³-hybridized carbons (Fsp3) is 0.238. The Morgan fingerprint density at radius 1 is 0.769 bits per heavy atom. The monoisotopic (exact) mass is 345 g/mol. The average molecular weight is 345 g/mol. The van der Waals surface area contributed by atoms with Crippen molar-refractivity contribution in [2.24, 2.45) is 0 Å². The lowest BCUT2D eigenvalue weighted by Gasteiger charge is -2.36. The van der Waals surface area contributed by atoms with E-state index in [-0.39, 0.29) is 0 Å². The number of hydrogen-bond donors (Lipinski definition) is 1. The smallest absolute Gasteiger partial charge is 0.224 e. The van der Waals surface area contributed by atoms with E-state index in [0.29, 0.717) is 5.95 Å². The molecule has 1 fully saturated rings. The maximum absolute atomic E-state index is 4.69. The van der Waals surface area contributed by atoms with Gasteiger partial charge in [-0.25, -0.2) is 4.98 Å². The first kappa shape index (κ1) is 16.4. The van der Waals surface area contributed by atoms with Crippen molar-refractivity contribution in [2.75, 3.05) is 41.3 Å². The van der Waals surface area contributed by atoms with Crippen LogP contribution in [-0.2, 0) is 6.54 Å². The van der Waals surface area contributed by atoms with E-state index in [2.05, 4.69) is 62.6 Å². The van der Waals surface area contributed by atoms with Crippen molar-refractivity contribution in [1.29, 1.82) is 0 Å².